The predicted octanol–water partition coefficient (Wildman–Crippen LogP) is 0.896. The molecule has 0 saturated carbocycles. The number of carbonyl (C=O) groups is 1. The van der Waals surface area contributed by atoms with Gasteiger partial charge in [-0.05, 0) is 23.9 Å². The number of morpholine rings is 1. The monoisotopic (exact) mass is 602 g/mol. The number of azide groups is 1. The Kier molecular flexibility index (Phi) is 11.0. The number of halogens is 2. The van der Waals surface area contributed by atoms with E-state index in [0.717, 1.165) is 12.1 Å². The van der Waals surface area contributed by atoms with E-state index in [4.69, 9.17) is 31.6 Å². The Morgan fingerprint density at radius 3 is 2.77 bits per heavy atom. The summed E-state index contributed by atoms with van der Waals surface area (Å²) in [6.07, 6.45) is 4.27. The van der Waals surface area contributed by atoms with Crippen molar-refractivity contribution in [1.82, 2.24) is 31.6 Å². The number of amidine groups is 1. The minimum atomic E-state index is -0.793. The van der Waals surface area contributed by atoms with Crippen LogP contribution in [0, 0.1) is 11.6 Å². The second kappa shape index (κ2) is 15.1. The number of allylic oxidation sites excluding steroid dienone is 2. The van der Waals surface area contributed by atoms with E-state index in [9.17, 15) is 13.6 Å². The van der Waals surface area contributed by atoms with Crippen LogP contribution in [-0.4, -0.2) is 75.5 Å². The standard InChI is InChI=1S/C26H36F2N12O3/c1-42-15-12-18(27)17(19(28)13-15)14-33-20-5-3-2-4-16(20)21(29)23-35-24(37-26(41)32-6-7-34-39-31)22(25(36-23)38-30)40-8-10-43-11-9-40/h2,4,12-13,21,23,33,35H,3,5-11,14,29-30H2,1H3,(H,36,38)(H2,32,37,41). The summed E-state index contributed by atoms with van der Waals surface area (Å²) in [5.41, 5.74) is 19.6. The molecule has 1 aromatic rings. The van der Waals surface area contributed by atoms with Crippen LogP contribution in [0.25, 0.3) is 10.4 Å². The summed E-state index contributed by atoms with van der Waals surface area (Å²) in [5.74, 6) is 5.14. The molecule has 0 spiro atoms. The number of hydrogen-bond donors (Lipinski definition) is 7. The van der Waals surface area contributed by atoms with Gasteiger partial charge >= 0.3 is 6.03 Å². The first-order chi connectivity index (χ1) is 20.9. The topological polar surface area (TPSA) is 212 Å². The fourth-order valence-electron chi connectivity index (χ4n) is 4.87. The van der Waals surface area contributed by atoms with Crippen molar-refractivity contribution in [2.45, 2.75) is 31.6 Å². The molecule has 43 heavy (non-hydrogen) atoms. The average molecular weight is 603 g/mol. The Morgan fingerprint density at radius 1 is 1.35 bits per heavy atom. The number of methoxy groups -OCH3 is 1. The van der Waals surface area contributed by atoms with E-state index in [1.807, 2.05) is 17.1 Å². The van der Waals surface area contributed by atoms with Crippen LogP contribution in [0.15, 0.2) is 57.2 Å². The molecule has 0 aromatic heterocycles. The highest BCUT2D eigenvalue weighted by Crippen LogP contribution is 2.26. The third kappa shape index (κ3) is 7.84. The molecule has 1 aromatic carbocycles. The predicted molar refractivity (Wildman–Crippen MR) is 155 cm³/mol. The summed E-state index contributed by atoms with van der Waals surface area (Å²) >= 11 is 0. The van der Waals surface area contributed by atoms with Crippen molar-refractivity contribution in [2.75, 3.05) is 46.5 Å². The van der Waals surface area contributed by atoms with E-state index < -0.39 is 29.9 Å². The highest BCUT2D eigenvalue weighted by Gasteiger charge is 2.33. The van der Waals surface area contributed by atoms with E-state index in [2.05, 4.69) is 36.7 Å². The number of urea groups is 1. The maximum absolute atomic E-state index is 14.6. The van der Waals surface area contributed by atoms with Gasteiger partial charge in [-0.15, -0.1) is 0 Å². The summed E-state index contributed by atoms with van der Waals surface area (Å²) in [4.78, 5) is 22.1. The summed E-state index contributed by atoms with van der Waals surface area (Å²) in [7, 11) is 1.34. The van der Waals surface area contributed by atoms with E-state index >= 15 is 0 Å². The normalized spacial score (nSPS) is 19.1. The first-order valence-corrected chi connectivity index (χ1v) is 13.7. The lowest BCUT2D eigenvalue weighted by molar-refractivity contribution is 0.0550. The number of hydrazine groups is 1. The largest absolute Gasteiger partial charge is 0.497 e. The number of nitrogens with one attached hydrogen (secondary N) is 5. The first kappa shape index (κ1) is 31.4. The van der Waals surface area contributed by atoms with Gasteiger partial charge in [0.2, 0.25) is 0 Å². The molecule has 9 N–H and O–H groups in total. The Morgan fingerprint density at radius 2 is 2.09 bits per heavy atom. The maximum atomic E-state index is 14.6. The van der Waals surface area contributed by atoms with E-state index in [1.54, 1.807) is 0 Å². The summed E-state index contributed by atoms with van der Waals surface area (Å²) < 4.78 is 39.6. The molecule has 2 amide bonds. The maximum Gasteiger partial charge on any atom is 0.320 e. The fourth-order valence-corrected chi connectivity index (χ4v) is 4.87. The van der Waals surface area contributed by atoms with Crippen molar-refractivity contribution >= 4 is 11.9 Å². The molecule has 15 nitrogen and oxygen atoms in total. The van der Waals surface area contributed by atoms with Crippen LogP contribution in [0.5, 0.6) is 5.75 Å². The van der Waals surface area contributed by atoms with Crippen molar-refractivity contribution in [2.24, 2.45) is 21.7 Å². The second-order valence-corrected chi connectivity index (χ2v) is 9.69. The zero-order valence-electron chi connectivity index (χ0n) is 23.7. The fraction of sp³-hybridized carbons (Fsp3) is 0.462. The summed E-state index contributed by atoms with van der Waals surface area (Å²) in [5, 5.41) is 15.2. The number of amides is 2. The number of carbonyl (C=O) groups excluding carboxylic acids is 1. The quantitative estimate of drug-likeness (QED) is 0.0478. The molecule has 0 bridgehead atoms. The SMILES string of the molecule is COc1cc(F)c(CNC2=C(C(N)C3N=C(NN)C(N4CCOCC4)=C(NC(=O)NCCN=[N+]=[N-])N3)C=CCC2)c(F)c1. The third-order valence-electron chi connectivity index (χ3n) is 7.02. The Bertz CT molecular complexity index is 1330. The lowest BCUT2D eigenvalue weighted by Crippen LogP contribution is -2.57. The van der Waals surface area contributed by atoms with Crippen LogP contribution in [0.2, 0.25) is 0 Å². The van der Waals surface area contributed by atoms with Gasteiger partial charge in [0.1, 0.15) is 35.1 Å². The van der Waals surface area contributed by atoms with Gasteiger partial charge in [0.25, 0.3) is 0 Å². The van der Waals surface area contributed by atoms with Gasteiger partial charge in [-0.25, -0.2) is 24.4 Å². The van der Waals surface area contributed by atoms with Crippen molar-refractivity contribution in [3.05, 3.63) is 74.7 Å². The number of rotatable bonds is 11. The molecular weight excluding hydrogens is 566 g/mol. The number of aliphatic imine (C=N–C) groups is 1. The minimum absolute atomic E-state index is 0.0812. The molecule has 3 aliphatic rings. The summed E-state index contributed by atoms with van der Waals surface area (Å²) in [6.45, 7) is 2.09. The molecule has 1 saturated heterocycles. The molecular formula is C26H36F2N12O3. The second-order valence-electron chi connectivity index (χ2n) is 9.69. The molecule has 1 aliphatic carbocycles. The minimum Gasteiger partial charge on any atom is -0.497 e. The first-order valence-electron chi connectivity index (χ1n) is 13.7. The van der Waals surface area contributed by atoms with Crippen LogP contribution >= 0.6 is 0 Å². The Labute approximate surface area is 247 Å². The molecule has 17 heteroatoms. The number of ether oxygens (including phenoxy) is 2. The lowest BCUT2D eigenvalue weighted by atomic mass is 9.95. The highest BCUT2D eigenvalue weighted by molar-refractivity contribution is 5.99. The molecule has 0 radical (unpaired) electrons. The van der Waals surface area contributed by atoms with E-state index in [0.29, 0.717) is 67.8 Å². The van der Waals surface area contributed by atoms with Crippen LogP contribution < -0.4 is 43.0 Å². The Hall–Kier alpha value is -4.57. The van der Waals surface area contributed by atoms with E-state index in [-0.39, 0.29) is 30.9 Å². The number of hydrogen-bond acceptors (Lipinski definition) is 11. The van der Waals surface area contributed by atoms with Crippen LogP contribution in [0.4, 0.5) is 13.6 Å². The summed E-state index contributed by atoms with van der Waals surface area (Å²) in [6, 6.07) is 0.951. The van der Waals surface area contributed by atoms with Crippen molar-refractivity contribution in [1.29, 1.82) is 0 Å². The molecule has 1 fully saturated rings. The van der Waals surface area contributed by atoms with Gasteiger partial charge in [0.15, 0.2) is 5.84 Å². The molecule has 232 valence electrons. The molecule has 2 heterocycles. The zero-order chi connectivity index (χ0) is 30.8. The number of benzene rings is 1. The molecule has 2 aliphatic heterocycles. The Balaban J connectivity index is 1.58. The third-order valence-corrected chi connectivity index (χ3v) is 7.02. The zero-order valence-corrected chi connectivity index (χ0v) is 23.7. The van der Waals surface area contributed by atoms with Gasteiger partial charge in [-0.3, -0.25) is 5.32 Å². The lowest BCUT2D eigenvalue weighted by Gasteiger charge is -2.38. The molecule has 2 unspecified atom stereocenters. The van der Waals surface area contributed by atoms with Gasteiger partial charge in [0, 0.05) is 61.0 Å². The number of nitrogens with two attached hydrogens (primary N) is 2. The number of nitrogens with zero attached hydrogens (tertiary/aromatic N) is 5. The smallest absolute Gasteiger partial charge is 0.320 e. The van der Waals surface area contributed by atoms with Crippen LogP contribution in [0.1, 0.15) is 18.4 Å². The van der Waals surface area contributed by atoms with Gasteiger partial charge in [0.05, 0.1) is 26.4 Å². The van der Waals surface area contributed by atoms with Crippen molar-refractivity contribution < 1.29 is 23.0 Å². The van der Waals surface area contributed by atoms with Crippen LogP contribution in [-0.2, 0) is 11.3 Å². The highest BCUT2D eigenvalue weighted by atomic mass is 19.1. The molecule has 2 atom stereocenters. The van der Waals surface area contributed by atoms with E-state index in [1.165, 1.54) is 7.11 Å². The van der Waals surface area contributed by atoms with Crippen molar-refractivity contribution in [3.8, 4) is 5.75 Å². The van der Waals surface area contributed by atoms with Gasteiger partial charge in [-0.2, -0.15) is 0 Å². The van der Waals surface area contributed by atoms with Gasteiger partial charge < -0.3 is 41.5 Å². The van der Waals surface area contributed by atoms with Crippen LogP contribution in [0.3, 0.4) is 0 Å². The molecule has 4 rings (SSSR count). The van der Waals surface area contributed by atoms with Crippen molar-refractivity contribution in [3.63, 3.8) is 0 Å². The average Bonchev–Trinajstić information content (AvgIpc) is 3.02. The van der Waals surface area contributed by atoms with Gasteiger partial charge in [-0.1, -0.05) is 17.3 Å².